The maximum atomic E-state index is 12.6. The van der Waals surface area contributed by atoms with Crippen molar-refractivity contribution >= 4 is 23.0 Å². The maximum absolute atomic E-state index is 12.6. The van der Waals surface area contributed by atoms with Crippen LogP contribution in [0.4, 0.5) is 17.1 Å². The molecule has 156 valence electrons. The van der Waals surface area contributed by atoms with Gasteiger partial charge in [-0.2, -0.15) is 5.11 Å². The second kappa shape index (κ2) is 9.93. The van der Waals surface area contributed by atoms with Gasteiger partial charge in [-0.1, -0.05) is 24.3 Å². The van der Waals surface area contributed by atoms with E-state index >= 15 is 0 Å². The molecule has 8 nitrogen and oxygen atoms in total. The molecular formula is C23H19N3O5. The molecule has 31 heavy (non-hydrogen) atoms. The molecule has 0 spiro atoms. The quantitative estimate of drug-likeness (QED) is 0.112. The van der Waals surface area contributed by atoms with Crippen LogP contribution in [0, 0.1) is 10.1 Å². The Kier molecular flexibility index (Phi) is 6.85. The molecule has 0 atom stereocenters. The molecule has 0 aromatic heterocycles. The van der Waals surface area contributed by atoms with E-state index in [1.54, 1.807) is 48.5 Å². The van der Waals surface area contributed by atoms with Crippen molar-refractivity contribution < 1.29 is 19.2 Å². The summed E-state index contributed by atoms with van der Waals surface area (Å²) < 4.78 is 11.0. The van der Waals surface area contributed by atoms with Gasteiger partial charge in [0.25, 0.3) is 5.69 Å². The highest BCUT2D eigenvalue weighted by Gasteiger charge is 2.18. The first-order valence-electron chi connectivity index (χ1n) is 9.27. The summed E-state index contributed by atoms with van der Waals surface area (Å²) >= 11 is 0. The van der Waals surface area contributed by atoms with Crippen LogP contribution >= 0.6 is 0 Å². The van der Waals surface area contributed by atoms with Crippen molar-refractivity contribution in [2.24, 2.45) is 10.2 Å². The Hall–Kier alpha value is -4.33. The van der Waals surface area contributed by atoms with Crippen LogP contribution in [0.5, 0.6) is 11.5 Å². The molecule has 0 amide bonds. The number of carbonyl (C=O) groups is 1. The Balaban J connectivity index is 1.99. The topological polar surface area (TPSA) is 103 Å². The largest absolute Gasteiger partial charge is 0.493 e. The van der Waals surface area contributed by atoms with Crippen LogP contribution < -0.4 is 9.47 Å². The minimum atomic E-state index is -0.567. The van der Waals surface area contributed by atoms with Gasteiger partial charge >= 0.3 is 5.97 Å². The fraction of sp³-hybridized carbons (Fsp3) is 0.0870. The molecule has 0 unspecified atom stereocenters. The van der Waals surface area contributed by atoms with E-state index in [2.05, 4.69) is 16.8 Å². The monoisotopic (exact) mass is 417 g/mol. The summed E-state index contributed by atoms with van der Waals surface area (Å²) in [5, 5.41) is 19.1. The lowest BCUT2D eigenvalue weighted by molar-refractivity contribution is -0.384. The van der Waals surface area contributed by atoms with Gasteiger partial charge in [-0.3, -0.25) is 10.1 Å². The first-order valence-corrected chi connectivity index (χ1v) is 9.27. The molecule has 0 radical (unpaired) electrons. The van der Waals surface area contributed by atoms with Gasteiger partial charge in [0.05, 0.1) is 23.3 Å². The lowest BCUT2D eigenvalue weighted by Crippen LogP contribution is -2.09. The van der Waals surface area contributed by atoms with Gasteiger partial charge in [0.2, 0.25) is 5.75 Å². The van der Waals surface area contributed by atoms with E-state index in [-0.39, 0.29) is 17.1 Å². The van der Waals surface area contributed by atoms with Gasteiger partial charge in [0.15, 0.2) is 5.75 Å². The third-order valence-electron chi connectivity index (χ3n) is 4.23. The Bertz CT molecular complexity index is 1130. The predicted octanol–water partition coefficient (Wildman–Crippen LogP) is 5.97. The number of nitro benzene ring substituents is 1. The average molecular weight is 417 g/mol. The SMILES string of the molecule is C=CCc1cc(N=Nc2ccc([N+](=O)[O-])cc2)c(OC(=O)c2ccccc2)c(OC)c1. The number of esters is 1. The van der Waals surface area contributed by atoms with Crippen LogP contribution in [0.1, 0.15) is 15.9 Å². The van der Waals surface area contributed by atoms with E-state index < -0.39 is 10.9 Å². The minimum Gasteiger partial charge on any atom is -0.493 e. The molecule has 0 aliphatic rings. The third-order valence-corrected chi connectivity index (χ3v) is 4.23. The Labute approximate surface area is 178 Å². The molecule has 0 aliphatic heterocycles. The van der Waals surface area contributed by atoms with E-state index in [0.29, 0.717) is 23.4 Å². The Morgan fingerprint density at radius 2 is 1.81 bits per heavy atom. The van der Waals surface area contributed by atoms with Gasteiger partial charge in [-0.25, -0.2) is 4.79 Å². The van der Waals surface area contributed by atoms with E-state index in [1.807, 2.05) is 0 Å². The highest BCUT2D eigenvalue weighted by atomic mass is 16.6. The lowest BCUT2D eigenvalue weighted by atomic mass is 10.1. The van der Waals surface area contributed by atoms with Crippen LogP contribution in [0.15, 0.2) is 89.6 Å². The van der Waals surface area contributed by atoms with Crippen molar-refractivity contribution in [1.82, 2.24) is 0 Å². The number of hydrogen-bond acceptors (Lipinski definition) is 7. The normalized spacial score (nSPS) is 10.6. The second-order valence-corrected chi connectivity index (χ2v) is 6.37. The maximum Gasteiger partial charge on any atom is 0.343 e. The van der Waals surface area contributed by atoms with Crippen LogP contribution in [0.25, 0.3) is 0 Å². The fourth-order valence-electron chi connectivity index (χ4n) is 2.73. The Morgan fingerprint density at radius 3 is 2.42 bits per heavy atom. The predicted molar refractivity (Wildman–Crippen MR) is 116 cm³/mol. The molecule has 0 bridgehead atoms. The summed E-state index contributed by atoms with van der Waals surface area (Å²) in [5.41, 5.74) is 1.84. The molecule has 3 aromatic carbocycles. The number of carbonyl (C=O) groups excluding carboxylic acids is 1. The number of nitrogens with zero attached hydrogens (tertiary/aromatic N) is 3. The number of rotatable bonds is 8. The molecule has 3 aromatic rings. The molecule has 0 aliphatic carbocycles. The van der Waals surface area contributed by atoms with Crippen molar-refractivity contribution in [3.63, 3.8) is 0 Å². The van der Waals surface area contributed by atoms with Crippen molar-refractivity contribution in [3.05, 3.63) is 101 Å². The number of nitro groups is 1. The highest BCUT2D eigenvalue weighted by molar-refractivity contribution is 5.92. The van der Waals surface area contributed by atoms with Crippen molar-refractivity contribution in [2.75, 3.05) is 7.11 Å². The number of ether oxygens (including phenoxy) is 2. The van der Waals surface area contributed by atoms with Crippen molar-refractivity contribution in [2.45, 2.75) is 6.42 Å². The fourth-order valence-corrected chi connectivity index (χ4v) is 2.73. The smallest absolute Gasteiger partial charge is 0.343 e. The van der Waals surface area contributed by atoms with Crippen LogP contribution in [-0.4, -0.2) is 18.0 Å². The summed E-state index contributed by atoms with van der Waals surface area (Å²) in [7, 11) is 1.46. The molecule has 0 heterocycles. The van der Waals surface area contributed by atoms with E-state index in [9.17, 15) is 14.9 Å². The number of hydrogen-bond donors (Lipinski definition) is 0. The van der Waals surface area contributed by atoms with E-state index in [4.69, 9.17) is 9.47 Å². The lowest BCUT2D eigenvalue weighted by Gasteiger charge is -2.13. The average Bonchev–Trinajstić information content (AvgIpc) is 2.79. The molecule has 0 saturated carbocycles. The first kappa shape index (κ1) is 21.4. The molecule has 0 N–H and O–H groups in total. The van der Waals surface area contributed by atoms with Crippen molar-refractivity contribution in [1.29, 1.82) is 0 Å². The number of methoxy groups -OCH3 is 1. The summed E-state index contributed by atoms with van der Waals surface area (Å²) in [4.78, 5) is 22.9. The second-order valence-electron chi connectivity index (χ2n) is 6.37. The third kappa shape index (κ3) is 5.39. The molecule has 3 rings (SSSR count). The van der Waals surface area contributed by atoms with E-state index in [1.165, 1.54) is 31.4 Å². The number of non-ortho nitro benzene ring substituents is 1. The summed E-state index contributed by atoms with van der Waals surface area (Å²) in [6.07, 6.45) is 2.27. The standard InChI is InChI=1S/C23H19N3O5/c1-3-7-16-14-20(25-24-18-10-12-19(13-11-18)26(28)29)22(21(15-16)30-2)31-23(27)17-8-5-4-6-9-17/h3-6,8-15H,1,7H2,2H3. The molecular weight excluding hydrogens is 398 g/mol. The molecule has 8 heteroatoms. The van der Waals surface area contributed by atoms with Gasteiger partial charge in [0.1, 0.15) is 5.69 Å². The number of allylic oxidation sites excluding steroid dienone is 1. The van der Waals surface area contributed by atoms with Gasteiger partial charge in [0, 0.05) is 12.1 Å². The van der Waals surface area contributed by atoms with Crippen molar-refractivity contribution in [3.8, 4) is 11.5 Å². The zero-order valence-corrected chi connectivity index (χ0v) is 16.7. The molecule has 0 fully saturated rings. The van der Waals surface area contributed by atoms with Crippen LogP contribution in [0.2, 0.25) is 0 Å². The van der Waals surface area contributed by atoms with Gasteiger partial charge in [-0.15, -0.1) is 11.7 Å². The Morgan fingerprint density at radius 1 is 1.10 bits per heavy atom. The van der Waals surface area contributed by atoms with Gasteiger partial charge < -0.3 is 9.47 Å². The molecule has 0 saturated heterocycles. The van der Waals surface area contributed by atoms with E-state index in [0.717, 1.165) is 5.56 Å². The number of azo groups is 1. The minimum absolute atomic E-state index is 0.0499. The highest BCUT2D eigenvalue weighted by Crippen LogP contribution is 2.40. The summed E-state index contributed by atoms with van der Waals surface area (Å²) in [6, 6.07) is 17.6. The van der Waals surface area contributed by atoms with Crippen LogP contribution in [0.3, 0.4) is 0 Å². The van der Waals surface area contributed by atoms with Gasteiger partial charge in [-0.05, 0) is 48.4 Å². The zero-order chi connectivity index (χ0) is 22.2. The summed E-state index contributed by atoms with van der Waals surface area (Å²) in [5.74, 6) is -0.127. The first-order chi connectivity index (χ1) is 15.0. The van der Waals surface area contributed by atoms with Crippen LogP contribution in [-0.2, 0) is 6.42 Å². The number of benzene rings is 3. The zero-order valence-electron chi connectivity index (χ0n) is 16.7. The summed E-state index contributed by atoms with van der Waals surface area (Å²) in [6.45, 7) is 3.73.